The lowest BCUT2D eigenvalue weighted by Gasteiger charge is -2.45. The summed E-state index contributed by atoms with van der Waals surface area (Å²) < 4.78 is 0. The van der Waals surface area contributed by atoms with Crippen LogP contribution in [0.3, 0.4) is 0 Å². The zero-order valence-electron chi connectivity index (χ0n) is 7.79. The van der Waals surface area contributed by atoms with Crippen LogP contribution in [0.4, 0.5) is 0 Å². The maximum absolute atomic E-state index is 3.83. The maximum Gasteiger partial charge on any atom is 0.0231 e. The van der Waals surface area contributed by atoms with Gasteiger partial charge in [0.1, 0.15) is 0 Å². The maximum atomic E-state index is 3.83. The van der Waals surface area contributed by atoms with E-state index in [0.717, 1.165) is 5.92 Å². The normalized spacial score (nSPS) is 39.6. The van der Waals surface area contributed by atoms with Crippen LogP contribution in [0.15, 0.2) is 24.3 Å². The van der Waals surface area contributed by atoms with E-state index in [4.69, 9.17) is 0 Å². The SMILES string of the molecule is Br[C@@H]1CC2C[C@H](Br)C1c1ccccc12. The molecule has 0 heterocycles. The molecule has 0 aromatic heterocycles. The van der Waals surface area contributed by atoms with E-state index in [1.807, 2.05) is 0 Å². The van der Waals surface area contributed by atoms with Crippen LogP contribution in [-0.4, -0.2) is 9.65 Å². The molecule has 0 radical (unpaired) electrons. The van der Waals surface area contributed by atoms with Gasteiger partial charge in [0.25, 0.3) is 0 Å². The first-order valence-corrected chi connectivity index (χ1v) is 6.97. The average Bonchev–Trinajstić information content (AvgIpc) is 2.17. The largest absolute Gasteiger partial charge is 0.0883 e. The van der Waals surface area contributed by atoms with E-state index >= 15 is 0 Å². The van der Waals surface area contributed by atoms with Crippen LogP contribution < -0.4 is 0 Å². The minimum absolute atomic E-state index is 0.667. The number of halogens is 2. The van der Waals surface area contributed by atoms with Gasteiger partial charge < -0.3 is 0 Å². The van der Waals surface area contributed by atoms with Crippen LogP contribution in [0.1, 0.15) is 35.8 Å². The van der Waals surface area contributed by atoms with Crippen molar-refractivity contribution in [2.24, 2.45) is 0 Å². The molecule has 0 spiro atoms. The Kier molecular flexibility index (Phi) is 2.25. The summed E-state index contributed by atoms with van der Waals surface area (Å²) in [5.74, 6) is 1.45. The van der Waals surface area contributed by atoms with Crippen molar-refractivity contribution in [1.82, 2.24) is 0 Å². The summed E-state index contributed by atoms with van der Waals surface area (Å²) in [6, 6.07) is 8.95. The van der Waals surface area contributed by atoms with Crippen LogP contribution in [0.2, 0.25) is 0 Å². The Hall–Kier alpha value is 0.180. The Morgan fingerprint density at radius 1 is 0.929 bits per heavy atom. The lowest BCUT2D eigenvalue weighted by Crippen LogP contribution is -2.37. The Morgan fingerprint density at radius 2 is 1.50 bits per heavy atom. The Labute approximate surface area is 101 Å². The number of rotatable bonds is 0. The summed E-state index contributed by atoms with van der Waals surface area (Å²) in [5.41, 5.74) is 3.17. The van der Waals surface area contributed by atoms with Crippen molar-refractivity contribution in [1.29, 1.82) is 0 Å². The predicted molar refractivity (Wildman–Crippen MR) is 66.6 cm³/mol. The molecular weight excluding hydrogens is 304 g/mol. The molecule has 3 aliphatic rings. The predicted octanol–water partition coefficient (Wildman–Crippen LogP) is 4.19. The van der Waals surface area contributed by atoms with Crippen molar-refractivity contribution in [3.05, 3.63) is 35.4 Å². The van der Waals surface area contributed by atoms with Crippen molar-refractivity contribution >= 4 is 31.9 Å². The molecule has 14 heavy (non-hydrogen) atoms. The fraction of sp³-hybridized carbons (Fsp3) is 0.500. The van der Waals surface area contributed by atoms with Gasteiger partial charge in [-0.1, -0.05) is 56.1 Å². The van der Waals surface area contributed by atoms with Crippen molar-refractivity contribution in [2.45, 2.75) is 34.3 Å². The van der Waals surface area contributed by atoms with Crippen LogP contribution in [0.5, 0.6) is 0 Å². The average molecular weight is 316 g/mol. The Morgan fingerprint density at radius 3 is 2.14 bits per heavy atom. The zero-order chi connectivity index (χ0) is 9.71. The number of benzene rings is 1. The highest BCUT2D eigenvalue weighted by molar-refractivity contribution is 9.10. The van der Waals surface area contributed by atoms with Gasteiger partial charge in [-0.25, -0.2) is 0 Å². The molecule has 2 unspecified atom stereocenters. The van der Waals surface area contributed by atoms with Crippen LogP contribution in [0, 0.1) is 0 Å². The molecule has 2 bridgehead atoms. The number of fused-ring (bicyclic) bond motifs is 2. The Bertz CT molecular complexity index is 349. The molecule has 0 aliphatic heterocycles. The van der Waals surface area contributed by atoms with Crippen LogP contribution >= 0.6 is 31.9 Å². The molecule has 4 atom stereocenters. The van der Waals surface area contributed by atoms with Crippen LogP contribution in [-0.2, 0) is 0 Å². The zero-order valence-corrected chi connectivity index (χ0v) is 11.0. The summed E-state index contributed by atoms with van der Waals surface area (Å²) in [6.07, 6.45) is 2.62. The summed E-state index contributed by atoms with van der Waals surface area (Å²) in [7, 11) is 0. The molecule has 4 rings (SSSR count). The van der Waals surface area contributed by atoms with Crippen molar-refractivity contribution in [2.75, 3.05) is 0 Å². The third-order valence-electron chi connectivity index (χ3n) is 3.59. The van der Waals surface area contributed by atoms with Gasteiger partial charge in [0.05, 0.1) is 0 Å². The van der Waals surface area contributed by atoms with Crippen molar-refractivity contribution < 1.29 is 0 Å². The second kappa shape index (κ2) is 3.34. The standard InChI is InChI=1S/C12H12Br2/c13-10-5-7-6-11(14)12(10)9-4-2-1-3-8(7)9/h1-4,7,10-12H,5-6H2/t7?,10-,11+,12?. The van der Waals surface area contributed by atoms with Gasteiger partial charge >= 0.3 is 0 Å². The van der Waals surface area contributed by atoms with Gasteiger partial charge in [-0.05, 0) is 29.9 Å². The van der Waals surface area contributed by atoms with E-state index in [9.17, 15) is 0 Å². The van der Waals surface area contributed by atoms with Gasteiger partial charge in [-0.15, -0.1) is 0 Å². The van der Waals surface area contributed by atoms with Crippen molar-refractivity contribution in [3.63, 3.8) is 0 Å². The summed E-state index contributed by atoms with van der Waals surface area (Å²) >= 11 is 7.65. The fourth-order valence-corrected chi connectivity index (χ4v) is 5.61. The molecule has 2 heteroatoms. The molecule has 0 nitrogen and oxygen atoms in total. The summed E-state index contributed by atoms with van der Waals surface area (Å²) in [6.45, 7) is 0. The van der Waals surface area contributed by atoms with E-state index in [1.54, 1.807) is 11.1 Å². The second-order valence-electron chi connectivity index (χ2n) is 4.36. The van der Waals surface area contributed by atoms with E-state index < -0.39 is 0 Å². The fourth-order valence-electron chi connectivity index (χ4n) is 2.99. The molecule has 0 amide bonds. The molecule has 1 aromatic carbocycles. The van der Waals surface area contributed by atoms with Gasteiger partial charge in [0.15, 0.2) is 0 Å². The third-order valence-corrected chi connectivity index (χ3v) is 5.48. The lowest BCUT2D eigenvalue weighted by molar-refractivity contribution is 0.388. The molecular formula is C12H12Br2. The van der Waals surface area contributed by atoms with Gasteiger partial charge in [-0.2, -0.15) is 0 Å². The van der Waals surface area contributed by atoms with E-state index in [2.05, 4.69) is 56.1 Å². The minimum atomic E-state index is 0.667. The van der Waals surface area contributed by atoms with E-state index in [-0.39, 0.29) is 0 Å². The molecule has 74 valence electrons. The summed E-state index contributed by atoms with van der Waals surface area (Å²) in [4.78, 5) is 1.33. The second-order valence-corrected chi connectivity index (χ2v) is 6.71. The highest BCUT2D eigenvalue weighted by Crippen LogP contribution is 2.54. The molecule has 3 aliphatic carbocycles. The first-order chi connectivity index (χ1) is 6.77. The number of hydrogen-bond donors (Lipinski definition) is 0. The molecule has 1 fully saturated rings. The first kappa shape index (κ1) is 9.41. The highest BCUT2D eigenvalue weighted by Gasteiger charge is 2.43. The topological polar surface area (TPSA) is 0 Å². The summed E-state index contributed by atoms with van der Waals surface area (Å²) in [5, 5.41) is 0. The van der Waals surface area contributed by atoms with Gasteiger partial charge in [0, 0.05) is 15.6 Å². The highest BCUT2D eigenvalue weighted by atomic mass is 79.9. The van der Waals surface area contributed by atoms with E-state index in [1.165, 1.54) is 12.8 Å². The lowest BCUT2D eigenvalue weighted by atomic mass is 9.67. The monoisotopic (exact) mass is 314 g/mol. The van der Waals surface area contributed by atoms with Crippen LogP contribution in [0.25, 0.3) is 0 Å². The number of hydrogen-bond acceptors (Lipinski definition) is 0. The van der Waals surface area contributed by atoms with Gasteiger partial charge in [0.2, 0.25) is 0 Å². The first-order valence-electron chi connectivity index (χ1n) is 5.14. The minimum Gasteiger partial charge on any atom is -0.0883 e. The number of alkyl halides is 2. The quantitative estimate of drug-likeness (QED) is 0.630. The smallest absolute Gasteiger partial charge is 0.0231 e. The Balaban J connectivity index is 2.16. The van der Waals surface area contributed by atoms with Gasteiger partial charge in [-0.3, -0.25) is 0 Å². The van der Waals surface area contributed by atoms with Crippen molar-refractivity contribution in [3.8, 4) is 0 Å². The molecule has 0 N–H and O–H groups in total. The molecule has 0 saturated heterocycles. The van der Waals surface area contributed by atoms with E-state index in [0.29, 0.717) is 15.6 Å². The molecule has 1 aromatic rings. The molecule has 1 saturated carbocycles. The third kappa shape index (κ3) is 1.23.